The first-order chi connectivity index (χ1) is 10.6. The Bertz CT molecular complexity index is 626. The van der Waals surface area contributed by atoms with E-state index < -0.39 is 13.0 Å². The van der Waals surface area contributed by atoms with Crippen LogP contribution in [0.5, 0.6) is 11.8 Å². The highest BCUT2D eigenvalue weighted by molar-refractivity contribution is 6.17. The van der Waals surface area contributed by atoms with Crippen molar-refractivity contribution in [1.29, 1.82) is 0 Å². The Hall–Kier alpha value is -1.95. The number of rotatable bonds is 7. The fourth-order valence-electron chi connectivity index (χ4n) is 1.84. The first-order valence-electron chi connectivity index (χ1n) is 6.69. The van der Waals surface area contributed by atoms with Crippen LogP contribution in [0.4, 0.5) is 8.78 Å². The average molecular weight is 329 g/mol. The highest BCUT2D eigenvalue weighted by Crippen LogP contribution is 2.31. The molecule has 0 N–H and O–H groups in total. The molecule has 0 aliphatic heterocycles. The average Bonchev–Trinajstić information content (AvgIpc) is 2.53. The van der Waals surface area contributed by atoms with Crippen LogP contribution in [0.25, 0.3) is 11.1 Å². The second-order valence-corrected chi connectivity index (χ2v) is 4.62. The summed E-state index contributed by atoms with van der Waals surface area (Å²) >= 11 is 5.81. The van der Waals surface area contributed by atoms with Gasteiger partial charge in [-0.25, -0.2) is 18.7 Å². The molecule has 2 aromatic heterocycles. The lowest BCUT2D eigenvalue weighted by molar-refractivity contribution is 0.0799. The summed E-state index contributed by atoms with van der Waals surface area (Å²) in [7, 11) is 0. The zero-order valence-electron chi connectivity index (χ0n) is 11.9. The number of hydrogen-bond acceptors (Lipinski definition) is 4. The summed E-state index contributed by atoms with van der Waals surface area (Å²) in [6.07, 6.45) is 0.505. The lowest BCUT2D eigenvalue weighted by Crippen LogP contribution is -2.09. The molecule has 0 atom stereocenters. The molecular formula is C15H15ClF2N2O2. The van der Waals surface area contributed by atoms with Gasteiger partial charge in [-0.2, -0.15) is 0 Å². The largest absolute Gasteiger partial charge is 0.478 e. The van der Waals surface area contributed by atoms with E-state index in [1.165, 1.54) is 6.20 Å². The number of pyridine rings is 2. The predicted octanol–water partition coefficient (Wildman–Crippen LogP) is 3.93. The van der Waals surface area contributed by atoms with Crippen molar-refractivity contribution >= 4 is 11.6 Å². The van der Waals surface area contributed by atoms with Crippen molar-refractivity contribution in [2.45, 2.75) is 19.2 Å². The molecule has 0 radical (unpaired) electrons. The van der Waals surface area contributed by atoms with Gasteiger partial charge in [0.05, 0.1) is 6.61 Å². The zero-order valence-corrected chi connectivity index (χ0v) is 12.7. The van der Waals surface area contributed by atoms with Crippen LogP contribution >= 0.6 is 11.6 Å². The molecule has 0 saturated heterocycles. The third-order valence-corrected chi connectivity index (χ3v) is 3.05. The predicted molar refractivity (Wildman–Crippen MR) is 79.7 cm³/mol. The normalized spacial score (nSPS) is 10.8. The van der Waals surface area contributed by atoms with Crippen molar-refractivity contribution in [3.63, 3.8) is 0 Å². The third-order valence-electron chi connectivity index (χ3n) is 2.75. The Morgan fingerprint density at radius 3 is 2.73 bits per heavy atom. The van der Waals surface area contributed by atoms with Crippen molar-refractivity contribution in [3.8, 4) is 22.9 Å². The lowest BCUT2D eigenvalue weighted by Gasteiger charge is -2.12. The van der Waals surface area contributed by atoms with E-state index in [1.54, 1.807) is 24.4 Å². The van der Waals surface area contributed by atoms with Crippen LogP contribution < -0.4 is 9.47 Å². The van der Waals surface area contributed by atoms with Crippen LogP contribution in [0.3, 0.4) is 0 Å². The number of aromatic nitrogens is 2. The summed E-state index contributed by atoms with van der Waals surface area (Å²) in [5, 5.41) is 0. The molecule has 0 fully saturated rings. The highest BCUT2D eigenvalue weighted by atomic mass is 35.5. The second kappa shape index (κ2) is 7.89. The topological polar surface area (TPSA) is 44.2 Å². The molecule has 2 rings (SSSR count). The number of alkyl halides is 3. The minimum atomic E-state index is -2.57. The highest BCUT2D eigenvalue weighted by Gasteiger charge is 2.13. The Kier molecular flexibility index (Phi) is 5.89. The zero-order chi connectivity index (χ0) is 15.9. The van der Waals surface area contributed by atoms with E-state index in [1.807, 2.05) is 6.92 Å². The molecule has 0 amide bonds. The van der Waals surface area contributed by atoms with Gasteiger partial charge in [0, 0.05) is 29.9 Å². The van der Waals surface area contributed by atoms with E-state index in [9.17, 15) is 8.78 Å². The van der Waals surface area contributed by atoms with Crippen molar-refractivity contribution in [2.75, 3.05) is 13.2 Å². The van der Waals surface area contributed by atoms with Crippen LogP contribution in [0.15, 0.2) is 30.6 Å². The van der Waals surface area contributed by atoms with Gasteiger partial charge in [-0.15, -0.1) is 11.6 Å². The van der Waals surface area contributed by atoms with Crippen molar-refractivity contribution in [1.82, 2.24) is 9.97 Å². The SMILES string of the molecule is CCOc1cc(-c2cc(CCl)cnc2OCC(F)F)ccn1. The molecule has 0 unspecified atom stereocenters. The van der Waals surface area contributed by atoms with Gasteiger partial charge in [0.15, 0.2) is 6.61 Å². The van der Waals surface area contributed by atoms with Gasteiger partial charge in [0.1, 0.15) is 0 Å². The molecule has 0 saturated carbocycles. The number of hydrogen-bond donors (Lipinski definition) is 0. The standard InChI is InChI=1S/C15H15ClF2N2O2/c1-2-21-14-6-11(3-4-19-14)12-5-10(7-16)8-20-15(12)22-9-13(17)18/h3-6,8,13H,2,7,9H2,1H3. The van der Waals surface area contributed by atoms with Gasteiger partial charge in [-0.05, 0) is 30.2 Å². The summed E-state index contributed by atoms with van der Waals surface area (Å²) in [4.78, 5) is 8.14. The maximum atomic E-state index is 12.4. The quantitative estimate of drug-likeness (QED) is 0.722. The van der Waals surface area contributed by atoms with Gasteiger partial charge in [0.2, 0.25) is 11.8 Å². The van der Waals surface area contributed by atoms with Crippen LogP contribution in [-0.2, 0) is 5.88 Å². The first-order valence-corrected chi connectivity index (χ1v) is 7.22. The molecule has 2 heterocycles. The van der Waals surface area contributed by atoms with Crippen molar-refractivity contribution < 1.29 is 18.3 Å². The monoisotopic (exact) mass is 328 g/mol. The summed E-state index contributed by atoms with van der Waals surface area (Å²) < 4.78 is 35.2. The fraction of sp³-hybridized carbons (Fsp3) is 0.333. The maximum absolute atomic E-state index is 12.4. The smallest absolute Gasteiger partial charge is 0.272 e. The van der Waals surface area contributed by atoms with Crippen LogP contribution in [-0.4, -0.2) is 29.6 Å². The molecule has 22 heavy (non-hydrogen) atoms. The Morgan fingerprint density at radius 1 is 1.23 bits per heavy atom. The first kappa shape index (κ1) is 16.4. The van der Waals surface area contributed by atoms with Crippen LogP contribution in [0.2, 0.25) is 0 Å². The summed E-state index contributed by atoms with van der Waals surface area (Å²) in [6.45, 7) is 1.61. The maximum Gasteiger partial charge on any atom is 0.272 e. The molecule has 0 aromatic carbocycles. The molecular weight excluding hydrogens is 314 g/mol. The fourth-order valence-corrected chi connectivity index (χ4v) is 1.98. The molecule has 2 aromatic rings. The van der Waals surface area contributed by atoms with E-state index in [4.69, 9.17) is 21.1 Å². The molecule has 0 spiro atoms. The van der Waals surface area contributed by atoms with Gasteiger partial charge < -0.3 is 9.47 Å². The Labute approximate surface area is 132 Å². The molecule has 0 bridgehead atoms. The molecule has 0 aliphatic carbocycles. The van der Waals surface area contributed by atoms with E-state index in [-0.39, 0.29) is 11.8 Å². The lowest BCUT2D eigenvalue weighted by atomic mass is 10.1. The van der Waals surface area contributed by atoms with Gasteiger partial charge in [0.25, 0.3) is 6.43 Å². The summed E-state index contributed by atoms with van der Waals surface area (Å²) in [5.41, 5.74) is 2.04. The van der Waals surface area contributed by atoms with Crippen LogP contribution in [0, 0.1) is 0 Å². The molecule has 118 valence electrons. The Balaban J connectivity index is 2.39. The van der Waals surface area contributed by atoms with E-state index in [0.29, 0.717) is 23.6 Å². The van der Waals surface area contributed by atoms with E-state index >= 15 is 0 Å². The number of ether oxygens (including phenoxy) is 2. The van der Waals surface area contributed by atoms with Gasteiger partial charge in [-0.3, -0.25) is 0 Å². The van der Waals surface area contributed by atoms with Crippen molar-refractivity contribution in [3.05, 3.63) is 36.2 Å². The van der Waals surface area contributed by atoms with E-state index in [2.05, 4.69) is 9.97 Å². The van der Waals surface area contributed by atoms with Gasteiger partial charge in [-0.1, -0.05) is 0 Å². The number of nitrogens with zero attached hydrogens (tertiary/aromatic N) is 2. The summed E-state index contributed by atoms with van der Waals surface area (Å²) in [5.74, 6) is 0.831. The molecule has 4 nitrogen and oxygen atoms in total. The molecule has 7 heteroatoms. The minimum absolute atomic E-state index is 0.128. The summed E-state index contributed by atoms with van der Waals surface area (Å²) in [6, 6.07) is 5.19. The second-order valence-electron chi connectivity index (χ2n) is 4.35. The van der Waals surface area contributed by atoms with Gasteiger partial charge >= 0.3 is 0 Å². The third kappa shape index (κ3) is 4.27. The Morgan fingerprint density at radius 2 is 2.05 bits per heavy atom. The van der Waals surface area contributed by atoms with Crippen molar-refractivity contribution in [2.24, 2.45) is 0 Å². The number of halogens is 3. The minimum Gasteiger partial charge on any atom is -0.478 e. The van der Waals surface area contributed by atoms with E-state index in [0.717, 1.165) is 5.56 Å². The molecule has 0 aliphatic rings. The van der Waals surface area contributed by atoms with Crippen LogP contribution in [0.1, 0.15) is 12.5 Å².